The second kappa shape index (κ2) is 9.28. The number of nitrogens with one attached hydrogen (secondary N) is 1. The Labute approximate surface area is 150 Å². The first-order chi connectivity index (χ1) is 12.0. The van der Waals surface area contributed by atoms with Crippen LogP contribution in [-0.4, -0.2) is 77.1 Å². The molecule has 0 unspecified atom stereocenters. The maximum atomic E-state index is 12.6. The third-order valence-corrected chi connectivity index (χ3v) is 5.77. The van der Waals surface area contributed by atoms with Gasteiger partial charge >= 0.3 is 0 Å². The van der Waals surface area contributed by atoms with E-state index in [1.165, 1.54) is 12.1 Å². The van der Waals surface area contributed by atoms with Crippen LogP contribution in [0.1, 0.15) is 23.7 Å². The second-order valence-electron chi connectivity index (χ2n) is 6.00. The maximum Gasteiger partial charge on any atom is 0.253 e. The molecule has 1 amide bonds. The van der Waals surface area contributed by atoms with Gasteiger partial charge in [-0.2, -0.15) is 0 Å². The van der Waals surface area contributed by atoms with E-state index in [9.17, 15) is 13.2 Å². The average molecular weight is 369 g/mol. The number of benzene rings is 1. The fourth-order valence-electron chi connectivity index (χ4n) is 2.75. The normalized spacial score (nSPS) is 16.2. The smallest absolute Gasteiger partial charge is 0.253 e. The minimum Gasteiger partial charge on any atom is -0.385 e. The summed E-state index contributed by atoms with van der Waals surface area (Å²) in [6, 6.07) is 6.23. The van der Waals surface area contributed by atoms with Gasteiger partial charge in [-0.25, -0.2) is 13.1 Å². The number of carbonyl (C=O) groups is 1. The number of methoxy groups -OCH3 is 1. The molecule has 0 aromatic heterocycles. The zero-order valence-corrected chi connectivity index (χ0v) is 15.7. The van der Waals surface area contributed by atoms with Crippen molar-refractivity contribution in [1.82, 2.24) is 14.5 Å². The predicted octanol–water partition coefficient (Wildman–Crippen LogP) is 0.779. The van der Waals surface area contributed by atoms with Crippen LogP contribution < -0.4 is 4.72 Å². The molecule has 8 heteroatoms. The van der Waals surface area contributed by atoms with E-state index >= 15 is 0 Å². The van der Waals surface area contributed by atoms with E-state index in [-0.39, 0.29) is 10.8 Å². The lowest BCUT2D eigenvalue weighted by Crippen LogP contribution is -2.48. The number of carbonyl (C=O) groups excluding carboxylic acids is 1. The van der Waals surface area contributed by atoms with Gasteiger partial charge < -0.3 is 14.5 Å². The van der Waals surface area contributed by atoms with E-state index in [4.69, 9.17) is 4.74 Å². The highest BCUT2D eigenvalue weighted by Crippen LogP contribution is 2.14. The summed E-state index contributed by atoms with van der Waals surface area (Å²) < 4.78 is 32.1. The number of ether oxygens (including phenoxy) is 1. The molecule has 0 bridgehead atoms. The van der Waals surface area contributed by atoms with Crippen LogP contribution in [0.25, 0.3) is 0 Å². The highest BCUT2D eigenvalue weighted by Gasteiger charge is 2.22. The minimum absolute atomic E-state index is 0.114. The van der Waals surface area contributed by atoms with Crippen molar-refractivity contribution >= 4 is 15.9 Å². The van der Waals surface area contributed by atoms with Gasteiger partial charge in [0, 0.05) is 52.0 Å². The Morgan fingerprint density at radius 3 is 2.60 bits per heavy atom. The highest BCUT2D eigenvalue weighted by atomic mass is 32.2. The Morgan fingerprint density at radius 1 is 1.24 bits per heavy atom. The fourth-order valence-corrected chi connectivity index (χ4v) is 3.87. The number of nitrogens with zero attached hydrogens (tertiary/aromatic N) is 2. The monoisotopic (exact) mass is 369 g/mol. The summed E-state index contributed by atoms with van der Waals surface area (Å²) in [5.74, 6) is -0.118. The molecule has 2 rings (SSSR count). The molecule has 7 nitrogen and oxygen atoms in total. The van der Waals surface area contributed by atoms with Gasteiger partial charge in [0.2, 0.25) is 10.0 Å². The zero-order valence-electron chi connectivity index (χ0n) is 14.9. The quantitative estimate of drug-likeness (QED) is 0.685. The fraction of sp³-hybridized carbons (Fsp3) is 0.588. The van der Waals surface area contributed by atoms with Crippen molar-refractivity contribution in [2.45, 2.75) is 18.2 Å². The number of piperazine rings is 1. The summed E-state index contributed by atoms with van der Waals surface area (Å²) in [5.41, 5.74) is 0.407. The third-order valence-electron chi connectivity index (χ3n) is 4.32. The Hall–Kier alpha value is -1.48. The van der Waals surface area contributed by atoms with Crippen molar-refractivity contribution in [3.63, 3.8) is 0 Å². The van der Waals surface area contributed by atoms with E-state index in [0.29, 0.717) is 38.2 Å². The molecule has 1 aliphatic heterocycles. The van der Waals surface area contributed by atoms with Crippen molar-refractivity contribution in [1.29, 1.82) is 0 Å². The Kier molecular flexibility index (Phi) is 7.37. The van der Waals surface area contributed by atoms with Gasteiger partial charge in [-0.1, -0.05) is 13.0 Å². The number of likely N-dealkylation sites (N-methyl/N-ethyl adjacent to an activating group) is 1. The number of sulfonamides is 1. The lowest BCUT2D eigenvalue weighted by atomic mass is 10.2. The first-order valence-electron chi connectivity index (χ1n) is 8.58. The standard InChI is InChI=1S/C17H27N3O4S/c1-3-19-9-11-20(12-10-19)17(21)15-6-4-7-16(14-15)25(22,23)18-8-5-13-24-2/h4,6-7,14,18H,3,5,8-13H2,1-2H3. The molecule has 25 heavy (non-hydrogen) atoms. The molecule has 0 saturated carbocycles. The summed E-state index contributed by atoms with van der Waals surface area (Å²) in [6.45, 7) is 6.90. The molecule has 0 radical (unpaired) electrons. The van der Waals surface area contributed by atoms with Crippen LogP contribution in [-0.2, 0) is 14.8 Å². The Bertz CT molecular complexity index is 670. The summed E-state index contributed by atoms with van der Waals surface area (Å²) in [4.78, 5) is 16.8. The number of hydrogen-bond acceptors (Lipinski definition) is 5. The van der Waals surface area contributed by atoms with Crippen molar-refractivity contribution in [3.05, 3.63) is 29.8 Å². The molecule has 0 aliphatic carbocycles. The van der Waals surface area contributed by atoms with Crippen molar-refractivity contribution in [3.8, 4) is 0 Å². The van der Waals surface area contributed by atoms with Gasteiger partial charge in [-0.15, -0.1) is 0 Å². The molecule has 140 valence electrons. The largest absolute Gasteiger partial charge is 0.385 e. The lowest BCUT2D eigenvalue weighted by Gasteiger charge is -2.34. The Balaban J connectivity index is 2.04. The predicted molar refractivity (Wildman–Crippen MR) is 96.1 cm³/mol. The number of hydrogen-bond donors (Lipinski definition) is 1. The molecular formula is C17H27N3O4S. The van der Waals surface area contributed by atoms with Crippen LogP contribution in [0.5, 0.6) is 0 Å². The molecule has 1 N–H and O–H groups in total. The summed E-state index contributed by atoms with van der Waals surface area (Å²) in [6.07, 6.45) is 0.593. The lowest BCUT2D eigenvalue weighted by molar-refractivity contribution is 0.0643. The molecule has 1 aromatic rings. The second-order valence-corrected chi connectivity index (χ2v) is 7.77. The van der Waals surface area contributed by atoms with Crippen molar-refractivity contribution < 1.29 is 17.9 Å². The highest BCUT2D eigenvalue weighted by molar-refractivity contribution is 7.89. The molecule has 0 spiro atoms. The van der Waals surface area contributed by atoms with Crippen LogP contribution >= 0.6 is 0 Å². The first-order valence-corrected chi connectivity index (χ1v) is 10.1. The van der Waals surface area contributed by atoms with E-state index in [1.807, 2.05) is 0 Å². The summed E-state index contributed by atoms with van der Waals surface area (Å²) >= 11 is 0. The van der Waals surface area contributed by atoms with Gasteiger partial charge in [-0.3, -0.25) is 4.79 Å². The number of rotatable bonds is 8. The summed E-state index contributed by atoms with van der Waals surface area (Å²) in [5, 5.41) is 0. The van der Waals surface area contributed by atoms with Crippen LogP contribution in [0.4, 0.5) is 0 Å². The van der Waals surface area contributed by atoms with Crippen molar-refractivity contribution in [2.75, 3.05) is 53.0 Å². The van der Waals surface area contributed by atoms with Gasteiger partial charge in [0.15, 0.2) is 0 Å². The minimum atomic E-state index is -3.62. The van der Waals surface area contributed by atoms with Crippen molar-refractivity contribution in [2.24, 2.45) is 0 Å². The molecule has 1 aliphatic rings. The van der Waals surface area contributed by atoms with E-state index in [1.54, 1.807) is 24.1 Å². The van der Waals surface area contributed by atoms with Gasteiger partial charge in [0.05, 0.1) is 4.90 Å². The first kappa shape index (κ1) is 19.8. The van der Waals surface area contributed by atoms with Crippen LogP contribution in [0, 0.1) is 0 Å². The average Bonchev–Trinajstić information content (AvgIpc) is 2.65. The topological polar surface area (TPSA) is 79.0 Å². The molecule has 1 heterocycles. The summed E-state index contributed by atoms with van der Waals surface area (Å²) in [7, 11) is -2.05. The zero-order chi connectivity index (χ0) is 18.3. The van der Waals surface area contributed by atoms with E-state index < -0.39 is 10.0 Å². The SMILES string of the molecule is CCN1CCN(C(=O)c2cccc(S(=O)(=O)NCCCOC)c2)CC1. The number of amides is 1. The van der Waals surface area contributed by atoms with Crippen LogP contribution in [0.2, 0.25) is 0 Å². The van der Waals surface area contributed by atoms with Crippen LogP contribution in [0.3, 0.4) is 0 Å². The maximum absolute atomic E-state index is 12.6. The van der Waals surface area contributed by atoms with E-state index in [0.717, 1.165) is 19.6 Å². The van der Waals surface area contributed by atoms with Gasteiger partial charge in [0.25, 0.3) is 5.91 Å². The molecular weight excluding hydrogens is 342 g/mol. The Morgan fingerprint density at radius 2 is 1.96 bits per heavy atom. The van der Waals surface area contributed by atoms with Gasteiger partial charge in [-0.05, 0) is 31.2 Å². The van der Waals surface area contributed by atoms with Gasteiger partial charge in [0.1, 0.15) is 0 Å². The van der Waals surface area contributed by atoms with E-state index in [2.05, 4.69) is 16.5 Å². The third kappa shape index (κ3) is 5.50. The van der Waals surface area contributed by atoms with Crippen LogP contribution in [0.15, 0.2) is 29.2 Å². The molecule has 1 fully saturated rings. The molecule has 1 aromatic carbocycles. The molecule has 1 saturated heterocycles. The molecule has 0 atom stereocenters.